The Kier molecular flexibility index (Phi) is 25.9. The topological polar surface area (TPSA) is 241 Å². The van der Waals surface area contributed by atoms with E-state index in [1.807, 2.05) is 27.7 Å². The minimum Gasteiger partial charge on any atom is -0.463 e. The first-order chi connectivity index (χ1) is 30.6. The molecule has 374 valence electrons. The van der Waals surface area contributed by atoms with Crippen LogP contribution in [0.3, 0.4) is 0 Å². The maximum atomic E-state index is 13.2. The van der Waals surface area contributed by atoms with Gasteiger partial charge in [0.05, 0.1) is 6.10 Å². The van der Waals surface area contributed by atoms with E-state index in [-0.39, 0.29) is 55.1 Å². The number of alkyl carbamates (subject to hydrolysis) is 1. The van der Waals surface area contributed by atoms with Gasteiger partial charge in [0, 0.05) is 78.2 Å². The third-order valence-electron chi connectivity index (χ3n) is 11.2. The molecular weight excluding hydrogens is 849 g/mol. The molecule has 0 unspecified atom stereocenters. The maximum absolute atomic E-state index is 13.2. The highest BCUT2D eigenvalue weighted by atomic mass is 16.7. The van der Waals surface area contributed by atoms with Crippen LogP contribution in [-0.2, 0) is 66.7 Å². The lowest BCUT2D eigenvalue weighted by Crippen LogP contribution is -2.62. The SMILES string of the molecule is CC[C@H]1O[C@@H](OCCCCCCNC(=O)[C@H](CCC(=O)NCCCCCCO[C@@H]2O[C@H](COC(C)=O)[C@H](C)[C@H](OC(C)=O)[C@H]2C)NC(=O)OC(C)(C)C)[C@H](NC(C)=O)[C@@H](OC(C)=O)[C@H]1C. The van der Waals surface area contributed by atoms with E-state index in [0.29, 0.717) is 45.6 Å². The third kappa shape index (κ3) is 22.3. The van der Waals surface area contributed by atoms with Gasteiger partial charge < -0.3 is 59.2 Å². The quantitative estimate of drug-likeness (QED) is 0.0494. The standard InChI is InChI=1S/C46H80N4O15/c1-12-36-28(2)41(62-34(8)54)39(49-31(5)51)44(63-36)59-26-20-16-14-18-24-48-42(56)35(50-45(57)65-46(9,10)11)21-22-38(55)47-23-17-13-15-19-25-58-43-30(4)40(61-33(7)53)29(3)37(64-43)27-60-32(6)52/h28-30,35-37,39-41,43-44H,12-27H2,1-11H3,(H,47,55)(H,48,56)(H,49,51)(H,50,57)/t28-,29-,30+,35-,36+,37+,39+,40-,41-,43+,44+/m0/s1. The Morgan fingerprint density at radius 2 is 1.18 bits per heavy atom. The molecule has 65 heavy (non-hydrogen) atoms. The van der Waals surface area contributed by atoms with E-state index in [1.165, 1.54) is 27.7 Å². The molecule has 0 spiro atoms. The van der Waals surface area contributed by atoms with Gasteiger partial charge in [0.2, 0.25) is 17.7 Å². The van der Waals surface area contributed by atoms with Gasteiger partial charge in [-0.3, -0.25) is 28.8 Å². The molecule has 2 aliphatic rings. The van der Waals surface area contributed by atoms with E-state index in [9.17, 15) is 33.6 Å². The highest BCUT2D eigenvalue weighted by molar-refractivity contribution is 5.86. The monoisotopic (exact) mass is 929 g/mol. The summed E-state index contributed by atoms with van der Waals surface area (Å²) in [4.78, 5) is 85.7. The van der Waals surface area contributed by atoms with Crippen molar-refractivity contribution < 1.29 is 71.5 Å². The number of rotatable bonds is 27. The zero-order valence-corrected chi connectivity index (χ0v) is 40.8. The van der Waals surface area contributed by atoms with Gasteiger partial charge in [0.1, 0.15) is 42.6 Å². The molecule has 0 radical (unpaired) electrons. The van der Waals surface area contributed by atoms with Gasteiger partial charge in [-0.05, 0) is 59.3 Å². The van der Waals surface area contributed by atoms with E-state index >= 15 is 0 Å². The van der Waals surface area contributed by atoms with E-state index in [2.05, 4.69) is 21.3 Å². The van der Waals surface area contributed by atoms with Crippen LogP contribution in [0.25, 0.3) is 0 Å². The smallest absolute Gasteiger partial charge is 0.408 e. The van der Waals surface area contributed by atoms with Crippen molar-refractivity contribution >= 4 is 41.7 Å². The van der Waals surface area contributed by atoms with E-state index in [1.54, 1.807) is 20.8 Å². The molecule has 0 bridgehead atoms. The molecule has 2 aliphatic heterocycles. The summed E-state index contributed by atoms with van der Waals surface area (Å²) in [5.41, 5.74) is -0.781. The second-order valence-corrected chi connectivity index (χ2v) is 18.2. The van der Waals surface area contributed by atoms with Crippen LogP contribution < -0.4 is 21.3 Å². The molecule has 0 aliphatic carbocycles. The van der Waals surface area contributed by atoms with Crippen LogP contribution >= 0.6 is 0 Å². The zero-order chi connectivity index (χ0) is 48.7. The lowest BCUT2D eigenvalue weighted by atomic mass is 9.85. The predicted octanol–water partition coefficient (Wildman–Crippen LogP) is 4.75. The van der Waals surface area contributed by atoms with Crippen molar-refractivity contribution in [1.29, 1.82) is 0 Å². The van der Waals surface area contributed by atoms with Crippen molar-refractivity contribution in [1.82, 2.24) is 21.3 Å². The second-order valence-electron chi connectivity index (χ2n) is 18.2. The average Bonchev–Trinajstić information content (AvgIpc) is 3.21. The van der Waals surface area contributed by atoms with Gasteiger partial charge in [0.15, 0.2) is 12.6 Å². The minimum atomic E-state index is -0.984. The summed E-state index contributed by atoms with van der Waals surface area (Å²) >= 11 is 0. The van der Waals surface area contributed by atoms with Gasteiger partial charge in [-0.2, -0.15) is 0 Å². The normalized spacial score (nSPS) is 25.9. The molecule has 0 aromatic carbocycles. The highest BCUT2D eigenvalue weighted by Gasteiger charge is 2.47. The number of nitrogens with one attached hydrogen (secondary N) is 4. The van der Waals surface area contributed by atoms with Gasteiger partial charge in [-0.25, -0.2) is 4.79 Å². The van der Waals surface area contributed by atoms with Gasteiger partial charge in [-0.15, -0.1) is 0 Å². The first-order valence-electron chi connectivity index (χ1n) is 23.5. The van der Waals surface area contributed by atoms with Crippen molar-refractivity contribution in [2.75, 3.05) is 32.9 Å². The van der Waals surface area contributed by atoms with Crippen molar-refractivity contribution in [2.24, 2.45) is 17.8 Å². The molecule has 0 aromatic rings. The molecule has 4 N–H and O–H groups in total. The van der Waals surface area contributed by atoms with E-state index in [4.69, 9.17) is 37.9 Å². The molecule has 2 saturated heterocycles. The van der Waals surface area contributed by atoms with Gasteiger partial charge in [0.25, 0.3) is 0 Å². The largest absolute Gasteiger partial charge is 0.463 e. The summed E-state index contributed by atoms with van der Waals surface area (Å²) in [5, 5.41) is 11.2. The third-order valence-corrected chi connectivity index (χ3v) is 11.2. The molecule has 4 amide bonds. The fraction of sp³-hybridized carbons (Fsp3) is 0.848. The summed E-state index contributed by atoms with van der Waals surface area (Å²) in [7, 11) is 0. The van der Waals surface area contributed by atoms with Crippen LogP contribution in [0, 0.1) is 17.8 Å². The number of unbranched alkanes of at least 4 members (excludes halogenated alkanes) is 6. The Labute approximate surface area is 385 Å². The number of ether oxygens (including phenoxy) is 8. The lowest BCUT2D eigenvalue weighted by Gasteiger charge is -2.44. The Hall–Kier alpha value is -4.07. The van der Waals surface area contributed by atoms with Crippen LogP contribution in [0.15, 0.2) is 0 Å². The van der Waals surface area contributed by atoms with Gasteiger partial charge in [-0.1, -0.05) is 53.4 Å². The minimum absolute atomic E-state index is 0.0136. The molecule has 19 heteroatoms. The molecule has 0 saturated carbocycles. The molecular formula is C46H80N4O15. The Bertz CT molecular complexity index is 1510. The highest BCUT2D eigenvalue weighted by Crippen LogP contribution is 2.34. The van der Waals surface area contributed by atoms with Crippen LogP contribution in [-0.4, -0.2) is 129 Å². The van der Waals surface area contributed by atoms with Crippen molar-refractivity contribution in [3.63, 3.8) is 0 Å². The number of esters is 3. The fourth-order valence-electron chi connectivity index (χ4n) is 7.90. The Balaban J connectivity index is 1.74. The van der Waals surface area contributed by atoms with Crippen molar-refractivity contribution in [3.8, 4) is 0 Å². The molecule has 2 fully saturated rings. The first kappa shape index (κ1) is 57.1. The van der Waals surface area contributed by atoms with Crippen molar-refractivity contribution in [3.05, 3.63) is 0 Å². The number of carbonyl (C=O) groups is 7. The van der Waals surface area contributed by atoms with Crippen LogP contribution in [0.5, 0.6) is 0 Å². The van der Waals surface area contributed by atoms with E-state index in [0.717, 1.165) is 38.5 Å². The average molecular weight is 929 g/mol. The second kappa shape index (κ2) is 29.5. The fourth-order valence-corrected chi connectivity index (χ4v) is 7.90. The molecule has 0 aromatic heterocycles. The summed E-state index contributed by atoms with van der Waals surface area (Å²) in [6.45, 7) is 19.9. The number of hydrogen-bond acceptors (Lipinski definition) is 15. The summed E-state index contributed by atoms with van der Waals surface area (Å²) in [6.07, 6.45) is 2.90. The lowest BCUT2D eigenvalue weighted by molar-refractivity contribution is -0.271. The number of carbonyl (C=O) groups excluding carboxylic acids is 7. The van der Waals surface area contributed by atoms with Crippen LogP contribution in [0.4, 0.5) is 4.79 Å². The van der Waals surface area contributed by atoms with Gasteiger partial charge >= 0.3 is 24.0 Å². The summed E-state index contributed by atoms with van der Waals surface area (Å²) in [5.74, 6) is -2.79. The maximum Gasteiger partial charge on any atom is 0.408 e. The summed E-state index contributed by atoms with van der Waals surface area (Å²) < 4.78 is 46.1. The Morgan fingerprint density at radius 1 is 0.646 bits per heavy atom. The van der Waals surface area contributed by atoms with E-state index < -0.39 is 78.5 Å². The molecule has 11 atom stereocenters. The molecule has 2 rings (SSSR count). The molecule has 2 heterocycles. The predicted molar refractivity (Wildman–Crippen MR) is 238 cm³/mol. The van der Waals surface area contributed by atoms with Crippen molar-refractivity contribution in [2.45, 2.75) is 201 Å². The zero-order valence-electron chi connectivity index (χ0n) is 40.8. The number of hydrogen-bond donors (Lipinski definition) is 4. The van der Waals surface area contributed by atoms with Crippen LogP contribution in [0.2, 0.25) is 0 Å². The Morgan fingerprint density at radius 3 is 1.74 bits per heavy atom. The molecule has 19 nitrogen and oxygen atoms in total. The number of amides is 4. The van der Waals surface area contributed by atoms with Crippen LogP contribution in [0.1, 0.15) is 147 Å². The first-order valence-corrected chi connectivity index (χ1v) is 23.5. The summed E-state index contributed by atoms with van der Waals surface area (Å²) in [6, 6.07) is -1.64.